The van der Waals surface area contributed by atoms with Crippen LogP contribution in [0.2, 0.25) is 0 Å². The molecule has 0 aromatic heterocycles. The average molecular weight is 752 g/mol. The first-order valence-corrected chi connectivity index (χ1v) is 17.5. The van der Waals surface area contributed by atoms with Gasteiger partial charge in [0.2, 0.25) is 29.5 Å². The molecule has 54 heavy (non-hydrogen) atoms. The number of aliphatic carboxylic acids is 2. The number of urea groups is 1. The van der Waals surface area contributed by atoms with Crippen LogP contribution in [0.3, 0.4) is 0 Å². The van der Waals surface area contributed by atoms with E-state index >= 15 is 0 Å². The number of anilines is 2. The number of likely N-dealkylation sites (tertiary alicyclic amines) is 1. The molecular formula is C37H49N7O10. The van der Waals surface area contributed by atoms with Gasteiger partial charge in [-0.25, -0.2) is 4.79 Å². The van der Waals surface area contributed by atoms with Gasteiger partial charge in [-0.2, -0.15) is 0 Å². The number of rotatable bonds is 17. The van der Waals surface area contributed by atoms with Crippen LogP contribution in [0.4, 0.5) is 16.2 Å². The number of nitrogens with two attached hydrogens (primary N) is 1. The Balaban J connectivity index is 1.73. The highest BCUT2D eigenvalue weighted by atomic mass is 16.4. The maximum Gasteiger partial charge on any atom is 0.323 e. The summed E-state index contributed by atoms with van der Waals surface area (Å²) in [4.78, 5) is 92.2. The Morgan fingerprint density at radius 3 is 2.13 bits per heavy atom. The zero-order valence-electron chi connectivity index (χ0n) is 30.8. The Morgan fingerprint density at radius 2 is 1.54 bits per heavy atom. The minimum absolute atomic E-state index is 0.0818. The Morgan fingerprint density at radius 1 is 0.889 bits per heavy atom. The molecule has 17 nitrogen and oxygen atoms in total. The van der Waals surface area contributed by atoms with E-state index in [9.17, 15) is 48.9 Å². The summed E-state index contributed by atoms with van der Waals surface area (Å²) >= 11 is 0. The number of carboxylic acids is 2. The number of allylic oxidation sites excluding steroid dienone is 1. The number of nitrogens with zero attached hydrogens (tertiary/aromatic N) is 2. The van der Waals surface area contributed by atoms with E-state index in [1.165, 1.54) is 11.9 Å². The summed E-state index contributed by atoms with van der Waals surface area (Å²) < 4.78 is 0. The highest BCUT2D eigenvalue weighted by Crippen LogP contribution is 2.24. The molecule has 1 unspecified atom stereocenters. The second-order valence-corrected chi connectivity index (χ2v) is 13.2. The van der Waals surface area contributed by atoms with Crippen LogP contribution in [-0.2, 0) is 35.2 Å². The number of aliphatic hydroxyl groups is 1. The van der Waals surface area contributed by atoms with Gasteiger partial charge >= 0.3 is 18.0 Å². The number of hydrogen-bond donors (Lipinski definition) is 8. The summed E-state index contributed by atoms with van der Waals surface area (Å²) in [5.41, 5.74) is 8.19. The maximum atomic E-state index is 13.8. The molecule has 6 amide bonds. The van der Waals surface area contributed by atoms with E-state index in [1.807, 2.05) is 19.1 Å². The van der Waals surface area contributed by atoms with Crippen LogP contribution in [-0.4, -0.2) is 98.4 Å². The Hall–Kier alpha value is -6.13. The number of nitrogens with one attached hydrogen (secondary N) is 4. The molecule has 1 saturated heterocycles. The van der Waals surface area contributed by atoms with Crippen LogP contribution < -0.4 is 27.0 Å². The molecule has 0 spiro atoms. The van der Waals surface area contributed by atoms with Crippen molar-refractivity contribution in [3.63, 3.8) is 0 Å². The summed E-state index contributed by atoms with van der Waals surface area (Å²) in [6.07, 6.45) is -0.791. The van der Waals surface area contributed by atoms with E-state index in [1.54, 1.807) is 50.2 Å². The monoisotopic (exact) mass is 751 g/mol. The maximum absolute atomic E-state index is 13.8. The van der Waals surface area contributed by atoms with Gasteiger partial charge in [0.1, 0.15) is 18.1 Å². The Kier molecular flexibility index (Phi) is 15.4. The predicted octanol–water partition coefficient (Wildman–Crippen LogP) is 2.67. The van der Waals surface area contributed by atoms with Crippen molar-refractivity contribution in [2.45, 2.75) is 83.8 Å². The summed E-state index contributed by atoms with van der Waals surface area (Å²) in [5, 5.41) is 39.0. The van der Waals surface area contributed by atoms with Crippen LogP contribution in [0.1, 0.15) is 63.5 Å². The van der Waals surface area contributed by atoms with Crippen molar-refractivity contribution >= 4 is 53.0 Å². The van der Waals surface area contributed by atoms with E-state index in [-0.39, 0.29) is 25.1 Å². The first-order valence-electron chi connectivity index (χ1n) is 17.5. The standard InChI is InChI=1S/C37H49N7O10/c1-5-21(2)32(43(4)29(45)19-23-12-14-24(15-13-23)39-37(54)42-25-10-7-6-9-22(25)3)35(52)40-26(16-17-30(46)47)34(51)41-27(20-31(48)49)36(53)44-18-8-11-28(44)33(38)50/h6-7,9-10,12-15,21,26-27,32,50H,5,8,11,16-20,38H2,1-4H3,(H,40,52)(H,41,51)(H,46,47)(H,48,49)(H2,39,42,54)/b33-28+/t21?,26-,27-,32-/m0/s1. The number of carbonyl (C=O) groups excluding carboxylic acids is 5. The lowest BCUT2D eigenvalue weighted by molar-refractivity contribution is -0.144. The molecule has 0 saturated carbocycles. The first kappa shape index (κ1) is 42.3. The largest absolute Gasteiger partial charge is 0.494 e. The number of amides is 6. The van der Waals surface area contributed by atoms with Gasteiger partial charge in [0.15, 0.2) is 0 Å². The minimum atomic E-state index is -1.63. The molecule has 9 N–H and O–H groups in total. The zero-order valence-corrected chi connectivity index (χ0v) is 30.8. The van der Waals surface area contributed by atoms with Crippen LogP contribution in [0, 0.1) is 12.8 Å². The number of aryl methyl sites for hydroxylation is 1. The van der Waals surface area contributed by atoms with Crippen LogP contribution in [0.25, 0.3) is 0 Å². The van der Waals surface area contributed by atoms with Crippen molar-refractivity contribution in [1.29, 1.82) is 0 Å². The molecule has 1 aliphatic rings. The molecule has 17 heteroatoms. The molecule has 0 radical (unpaired) electrons. The van der Waals surface area contributed by atoms with Crippen molar-refractivity contribution < 1.29 is 48.9 Å². The second kappa shape index (κ2) is 19.6. The number of aliphatic hydroxyl groups excluding tert-OH is 1. The SMILES string of the molecule is CCC(C)[C@@H](C(=O)N[C@@H](CCC(=O)O)C(=O)N[C@@H](CC(=O)O)C(=O)N1CCC/C1=C(/N)O)N(C)C(=O)Cc1ccc(NC(=O)Nc2ccccc2C)cc1. The third kappa shape index (κ3) is 12.0. The van der Waals surface area contributed by atoms with Gasteiger partial charge in [0, 0.05) is 31.4 Å². The molecule has 1 heterocycles. The van der Waals surface area contributed by atoms with Gasteiger partial charge in [0.05, 0.1) is 18.5 Å². The van der Waals surface area contributed by atoms with Gasteiger partial charge in [0.25, 0.3) is 0 Å². The smallest absolute Gasteiger partial charge is 0.323 e. The molecule has 4 atom stereocenters. The second-order valence-electron chi connectivity index (χ2n) is 13.2. The van der Waals surface area contributed by atoms with Gasteiger partial charge in [-0.1, -0.05) is 50.6 Å². The summed E-state index contributed by atoms with van der Waals surface area (Å²) in [7, 11) is 1.44. The van der Waals surface area contributed by atoms with Crippen molar-refractivity contribution in [2.75, 3.05) is 24.2 Å². The molecule has 0 bridgehead atoms. The van der Waals surface area contributed by atoms with E-state index in [0.717, 1.165) is 10.5 Å². The van der Waals surface area contributed by atoms with Crippen LogP contribution >= 0.6 is 0 Å². The fraction of sp³-hybridized carbons (Fsp3) is 0.432. The van der Waals surface area contributed by atoms with Gasteiger partial charge < -0.3 is 52.1 Å². The Labute approximate surface area is 312 Å². The van der Waals surface area contributed by atoms with E-state index < -0.39 is 90.8 Å². The highest BCUT2D eigenvalue weighted by molar-refractivity contribution is 6.00. The lowest BCUT2D eigenvalue weighted by Gasteiger charge is -2.33. The van der Waals surface area contributed by atoms with E-state index in [4.69, 9.17) is 5.73 Å². The van der Waals surface area contributed by atoms with Crippen molar-refractivity contribution in [2.24, 2.45) is 11.7 Å². The quantitative estimate of drug-likeness (QED) is 0.109. The fourth-order valence-corrected chi connectivity index (χ4v) is 6.01. The molecule has 292 valence electrons. The van der Waals surface area contributed by atoms with Crippen molar-refractivity contribution in [3.05, 3.63) is 71.2 Å². The van der Waals surface area contributed by atoms with Crippen molar-refractivity contribution in [1.82, 2.24) is 20.4 Å². The Bertz CT molecular complexity index is 1740. The van der Waals surface area contributed by atoms with E-state index in [0.29, 0.717) is 29.8 Å². The molecule has 1 aliphatic heterocycles. The summed E-state index contributed by atoms with van der Waals surface area (Å²) in [6.45, 7) is 5.52. The third-order valence-electron chi connectivity index (χ3n) is 9.18. The zero-order chi connectivity index (χ0) is 40.1. The molecule has 2 aromatic carbocycles. The number of likely N-dealkylation sites (N-methyl/N-ethyl adjacent to an activating group) is 1. The summed E-state index contributed by atoms with van der Waals surface area (Å²) in [6, 6.07) is 9.18. The van der Waals surface area contributed by atoms with Crippen LogP contribution in [0.5, 0.6) is 0 Å². The molecule has 3 rings (SSSR count). The van der Waals surface area contributed by atoms with Crippen LogP contribution in [0.15, 0.2) is 60.1 Å². The fourth-order valence-electron chi connectivity index (χ4n) is 6.01. The minimum Gasteiger partial charge on any atom is -0.494 e. The van der Waals surface area contributed by atoms with E-state index in [2.05, 4.69) is 21.3 Å². The number of hydrogen-bond acceptors (Lipinski definition) is 9. The highest BCUT2D eigenvalue weighted by Gasteiger charge is 2.37. The lowest BCUT2D eigenvalue weighted by Crippen LogP contribution is -2.58. The lowest BCUT2D eigenvalue weighted by atomic mass is 9.95. The molecule has 2 aromatic rings. The number of carbonyl (C=O) groups is 7. The van der Waals surface area contributed by atoms with Crippen molar-refractivity contribution in [3.8, 4) is 0 Å². The molecule has 1 fully saturated rings. The van der Waals surface area contributed by atoms with Gasteiger partial charge in [-0.15, -0.1) is 0 Å². The first-order chi connectivity index (χ1) is 25.5. The average Bonchev–Trinajstić information content (AvgIpc) is 3.61. The number of para-hydroxylation sites is 1. The van der Waals surface area contributed by atoms with Gasteiger partial charge in [-0.05, 0) is 61.4 Å². The molecular weight excluding hydrogens is 702 g/mol. The summed E-state index contributed by atoms with van der Waals surface area (Å²) in [5.74, 6) is -6.80. The third-order valence-corrected chi connectivity index (χ3v) is 9.18. The molecule has 0 aliphatic carbocycles. The number of carboxylic acid groups (broad SMARTS) is 2. The number of benzene rings is 2. The topological polar surface area (TPSA) is 261 Å². The predicted molar refractivity (Wildman–Crippen MR) is 198 cm³/mol. The normalized spacial score (nSPS) is 15.5. The van der Waals surface area contributed by atoms with Gasteiger partial charge in [-0.3, -0.25) is 28.8 Å².